The summed E-state index contributed by atoms with van der Waals surface area (Å²) in [5.74, 6) is -0.180. The van der Waals surface area contributed by atoms with Gasteiger partial charge >= 0.3 is 5.97 Å². The molecule has 0 fully saturated rings. The van der Waals surface area contributed by atoms with Crippen LogP contribution in [0.2, 0.25) is 0 Å². The summed E-state index contributed by atoms with van der Waals surface area (Å²) in [7, 11) is 1.90. The molecule has 0 unspecified atom stereocenters. The Morgan fingerprint density at radius 3 is 2.41 bits per heavy atom. The average molecular weight is 393 g/mol. The molecule has 6 nitrogen and oxygen atoms in total. The number of fused-ring (bicyclic) bond motifs is 1. The van der Waals surface area contributed by atoms with Gasteiger partial charge in [0.15, 0.2) is 5.65 Å². The van der Waals surface area contributed by atoms with Crippen molar-refractivity contribution in [3.05, 3.63) is 57.9 Å². The molecule has 152 valence electrons. The van der Waals surface area contributed by atoms with Gasteiger partial charge in [-0.2, -0.15) is 5.10 Å². The van der Waals surface area contributed by atoms with Crippen LogP contribution >= 0.6 is 0 Å². The van der Waals surface area contributed by atoms with E-state index in [4.69, 9.17) is 9.72 Å². The minimum Gasteiger partial charge on any atom is -0.462 e. The molecule has 0 aliphatic rings. The minimum atomic E-state index is -0.343. The predicted molar refractivity (Wildman–Crippen MR) is 112 cm³/mol. The molecule has 0 amide bonds. The quantitative estimate of drug-likeness (QED) is 0.571. The fourth-order valence-corrected chi connectivity index (χ4v) is 3.78. The van der Waals surface area contributed by atoms with E-state index in [9.17, 15) is 9.59 Å². The van der Waals surface area contributed by atoms with Gasteiger partial charge in [-0.15, -0.1) is 0 Å². The van der Waals surface area contributed by atoms with Crippen molar-refractivity contribution in [2.45, 2.75) is 47.0 Å². The zero-order chi connectivity index (χ0) is 21.1. The van der Waals surface area contributed by atoms with E-state index in [2.05, 4.69) is 12.0 Å². The van der Waals surface area contributed by atoms with E-state index < -0.39 is 0 Å². The van der Waals surface area contributed by atoms with Crippen LogP contribution in [0.3, 0.4) is 0 Å². The number of nitrogens with zero attached hydrogens (tertiary/aromatic N) is 3. The highest BCUT2D eigenvalue weighted by molar-refractivity contribution is 5.89. The van der Waals surface area contributed by atoms with E-state index in [-0.39, 0.29) is 11.8 Å². The number of pyridine rings is 1. The Kier molecular flexibility index (Phi) is 6.11. The van der Waals surface area contributed by atoms with Gasteiger partial charge in [-0.1, -0.05) is 12.1 Å². The third kappa shape index (κ3) is 4.36. The second-order valence-corrected chi connectivity index (χ2v) is 7.34. The number of benzene rings is 1. The molecule has 3 rings (SSSR count). The molecule has 2 aromatic heterocycles. The van der Waals surface area contributed by atoms with E-state index in [1.165, 1.54) is 0 Å². The fraction of sp³-hybridized carbons (Fsp3) is 0.391. The first-order valence-corrected chi connectivity index (χ1v) is 9.89. The van der Waals surface area contributed by atoms with E-state index in [1.807, 2.05) is 33.0 Å². The minimum absolute atomic E-state index is 0.163. The maximum Gasteiger partial charge on any atom is 0.338 e. The highest BCUT2D eigenvalue weighted by Crippen LogP contribution is 2.26. The number of ketones is 1. The van der Waals surface area contributed by atoms with Gasteiger partial charge in [0, 0.05) is 31.0 Å². The van der Waals surface area contributed by atoms with Crippen LogP contribution in [0, 0.1) is 20.8 Å². The highest BCUT2D eigenvalue weighted by atomic mass is 16.5. The molecule has 0 saturated carbocycles. The molecule has 0 spiro atoms. The molecule has 29 heavy (non-hydrogen) atoms. The first-order valence-electron chi connectivity index (χ1n) is 9.89. The van der Waals surface area contributed by atoms with Crippen LogP contribution in [-0.4, -0.2) is 33.1 Å². The lowest BCUT2D eigenvalue weighted by atomic mass is 9.96. The van der Waals surface area contributed by atoms with Gasteiger partial charge in [0.05, 0.1) is 17.9 Å². The molecule has 3 aromatic rings. The van der Waals surface area contributed by atoms with Crippen LogP contribution in [0.1, 0.15) is 51.8 Å². The maximum atomic E-state index is 12.5. The summed E-state index contributed by atoms with van der Waals surface area (Å²) in [4.78, 5) is 29.0. The van der Waals surface area contributed by atoms with Crippen LogP contribution in [-0.2, 0) is 29.4 Å². The molecule has 1 aromatic carbocycles. The summed E-state index contributed by atoms with van der Waals surface area (Å²) in [6, 6.07) is 7.04. The molecule has 0 atom stereocenters. The van der Waals surface area contributed by atoms with E-state index in [0.29, 0.717) is 31.4 Å². The van der Waals surface area contributed by atoms with Crippen LogP contribution in [0.15, 0.2) is 24.3 Å². The van der Waals surface area contributed by atoms with Crippen molar-refractivity contribution in [3.8, 4) is 0 Å². The number of Topliss-reactive ketones (excluding diaryl/α,β-unsaturated/α-hetero) is 1. The Bertz CT molecular complexity index is 1070. The molecule has 0 N–H and O–H groups in total. The molecule has 0 saturated heterocycles. The Labute approximate surface area is 170 Å². The third-order valence-corrected chi connectivity index (χ3v) is 5.25. The number of aromatic nitrogens is 3. The standard InChI is InChI=1S/C23H27N3O3/c1-6-29-23(28)18-9-7-17(8-10-18)13-19(27)11-12-20-14(2)21-16(4)25-26(5)22(21)24-15(20)3/h7-10H,6,11-13H2,1-5H3. The van der Waals surface area contributed by atoms with Crippen molar-refractivity contribution in [1.29, 1.82) is 0 Å². The van der Waals surface area contributed by atoms with Crippen LogP contribution < -0.4 is 0 Å². The van der Waals surface area contributed by atoms with Crippen LogP contribution in [0.4, 0.5) is 0 Å². The number of aryl methyl sites for hydroxylation is 4. The van der Waals surface area contributed by atoms with Gasteiger partial charge in [0.25, 0.3) is 0 Å². The summed E-state index contributed by atoms with van der Waals surface area (Å²) in [6.45, 7) is 8.18. The zero-order valence-corrected chi connectivity index (χ0v) is 17.7. The van der Waals surface area contributed by atoms with Gasteiger partial charge in [-0.05, 0) is 62.9 Å². The van der Waals surface area contributed by atoms with Gasteiger partial charge in [-0.3, -0.25) is 9.48 Å². The average Bonchev–Trinajstić information content (AvgIpc) is 2.95. The molecule has 0 aliphatic heterocycles. The lowest BCUT2D eigenvalue weighted by Gasteiger charge is -2.11. The third-order valence-electron chi connectivity index (χ3n) is 5.25. The lowest BCUT2D eigenvalue weighted by molar-refractivity contribution is -0.118. The van der Waals surface area contributed by atoms with Crippen molar-refractivity contribution in [2.24, 2.45) is 7.05 Å². The second-order valence-electron chi connectivity index (χ2n) is 7.34. The molecule has 0 bridgehead atoms. The monoisotopic (exact) mass is 393 g/mol. The van der Waals surface area contributed by atoms with Crippen molar-refractivity contribution in [2.75, 3.05) is 6.61 Å². The summed E-state index contributed by atoms with van der Waals surface area (Å²) in [6.07, 6.45) is 1.46. The normalized spacial score (nSPS) is 11.1. The van der Waals surface area contributed by atoms with Crippen molar-refractivity contribution >= 4 is 22.8 Å². The molecule has 0 radical (unpaired) electrons. The number of hydrogen-bond donors (Lipinski definition) is 0. The first-order chi connectivity index (χ1) is 13.8. The number of rotatable bonds is 7. The molecule has 2 heterocycles. The number of carbonyl (C=O) groups excluding carboxylic acids is 2. The van der Waals surface area contributed by atoms with Crippen LogP contribution in [0.5, 0.6) is 0 Å². The van der Waals surface area contributed by atoms with Crippen molar-refractivity contribution < 1.29 is 14.3 Å². The van der Waals surface area contributed by atoms with Gasteiger partial charge in [-0.25, -0.2) is 9.78 Å². The van der Waals surface area contributed by atoms with Crippen molar-refractivity contribution in [3.63, 3.8) is 0 Å². The summed E-state index contributed by atoms with van der Waals surface area (Å²) < 4.78 is 6.79. The van der Waals surface area contributed by atoms with Crippen molar-refractivity contribution in [1.82, 2.24) is 14.8 Å². The Morgan fingerprint density at radius 1 is 1.07 bits per heavy atom. The number of hydrogen-bond acceptors (Lipinski definition) is 5. The second kappa shape index (κ2) is 8.55. The summed E-state index contributed by atoms with van der Waals surface area (Å²) >= 11 is 0. The Hall–Kier alpha value is -3.02. The van der Waals surface area contributed by atoms with Gasteiger partial charge in [0.1, 0.15) is 5.78 Å². The summed E-state index contributed by atoms with van der Waals surface area (Å²) in [5, 5.41) is 5.55. The van der Waals surface area contributed by atoms with E-state index in [0.717, 1.165) is 39.1 Å². The number of esters is 1. The number of carbonyl (C=O) groups is 2. The van der Waals surface area contributed by atoms with E-state index >= 15 is 0 Å². The van der Waals surface area contributed by atoms with Crippen LogP contribution in [0.25, 0.3) is 11.0 Å². The number of ether oxygens (including phenoxy) is 1. The predicted octanol–water partition coefficient (Wildman–Crippen LogP) is 3.81. The maximum absolute atomic E-state index is 12.5. The fourth-order valence-electron chi connectivity index (χ4n) is 3.78. The Morgan fingerprint density at radius 2 is 1.76 bits per heavy atom. The highest BCUT2D eigenvalue weighted by Gasteiger charge is 2.16. The lowest BCUT2D eigenvalue weighted by Crippen LogP contribution is -2.08. The first kappa shape index (κ1) is 20.7. The Balaban J connectivity index is 1.68. The van der Waals surface area contributed by atoms with Gasteiger partial charge in [0.2, 0.25) is 0 Å². The molecule has 0 aliphatic carbocycles. The molecule has 6 heteroatoms. The largest absolute Gasteiger partial charge is 0.462 e. The van der Waals surface area contributed by atoms with E-state index in [1.54, 1.807) is 23.7 Å². The molecular formula is C23H27N3O3. The topological polar surface area (TPSA) is 74.1 Å². The smallest absolute Gasteiger partial charge is 0.338 e. The summed E-state index contributed by atoms with van der Waals surface area (Å²) in [5.41, 5.74) is 6.47. The van der Waals surface area contributed by atoms with Gasteiger partial charge < -0.3 is 4.74 Å². The zero-order valence-electron chi connectivity index (χ0n) is 17.7. The molecular weight excluding hydrogens is 366 g/mol. The SMILES string of the molecule is CCOC(=O)c1ccc(CC(=O)CCc2c(C)nc3c(c(C)nn3C)c2C)cc1.